The number of imidazole rings is 1. The minimum absolute atomic E-state index is 0.00644. The predicted molar refractivity (Wildman–Crippen MR) is 133 cm³/mol. The van der Waals surface area contributed by atoms with Crippen LogP contribution in [0.2, 0.25) is 0 Å². The Morgan fingerprint density at radius 2 is 2.00 bits per heavy atom. The Morgan fingerprint density at radius 1 is 1.17 bits per heavy atom. The van der Waals surface area contributed by atoms with Gasteiger partial charge >= 0.3 is 0 Å². The van der Waals surface area contributed by atoms with Crippen LogP contribution in [0.25, 0.3) is 33.8 Å². The second kappa shape index (κ2) is 7.62. The van der Waals surface area contributed by atoms with E-state index in [-0.39, 0.29) is 18.1 Å². The van der Waals surface area contributed by atoms with E-state index >= 15 is 0 Å². The van der Waals surface area contributed by atoms with E-state index in [1.807, 2.05) is 26.0 Å². The Hall–Kier alpha value is -3.76. The molecule has 6 heterocycles. The standard InChI is InChI=1S/C26H26N8O2/c1-4-33-23(16-9-27-14(2)28-10-16)32-22-21(29-13-30-24(22)33)15-5-6-20-19(7-15)26(3,25(35)31-20)34-11-18-8-17(34)12-36-18/h5-7,9-10,13,17-18H,4,8,11-12H2,1-3H3,(H,31,35)/t17-,18-,26?/m1/s1. The molecule has 3 atom stereocenters. The van der Waals surface area contributed by atoms with E-state index in [4.69, 9.17) is 9.72 Å². The van der Waals surface area contributed by atoms with Crippen LogP contribution in [0.15, 0.2) is 36.9 Å². The van der Waals surface area contributed by atoms with Crippen molar-refractivity contribution in [1.29, 1.82) is 0 Å². The van der Waals surface area contributed by atoms with Crippen LogP contribution in [0.5, 0.6) is 0 Å². The van der Waals surface area contributed by atoms with E-state index in [2.05, 4.69) is 47.7 Å². The molecule has 0 aliphatic carbocycles. The first-order valence-electron chi connectivity index (χ1n) is 12.3. The zero-order valence-corrected chi connectivity index (χ0v) is 20.4. The lowest BCUT2D eigenvalue weighted by Crippen LogP contribution is -2.53. The quantitative estimate of drug-likeness (QED) is 0.473. The van der Waals surface area contributed by atoms with Crippen molar-refractivity contribution < 1.29 is 9.53 Å². The van der Waals surface area contributed by atoms with Crippen LogP contribution in [0, 0.1) is 6.92 Å². The summed E-state index contributed by atoms with van der Waals surface area (Å²) in [5, 5.41) is 3.10. The van der Waals surface area contributed by atoms with Crippen LogP contribution < -0.4 is 5.32 Å². The fourth-order valence-corrected chi connectivity index (χ4v) is 5.98. The smallest absolute Gasteiger partial charge is 0.249 e. The molecule has 0 radical (unpaired) electrons. The number of morpholine rings is 1. The highest BCUT2D eigenvalue weighted by Gasteiger charge is 2.55. The van der Waals surface area contributed by atoms with Gasteiger partial charge in [0.1, 0.15) is 34.7 Å². The third-order valence-corrected chi connectivity index (χ3v) is 7.87. The van der Waals surface area contributed by atoms with Gasteiger partial charge in [-0.2, -0.15) is 0 Å². The van der Waals surface area contributed by atoms with Gasteiger partial charge in [0.15, 0.2) is 5.65 Å². The Kier molecular flexibility index (Phi) is 4.55. The van der Waals surface area contributed by atoms with Crippen LogP contribution in [0.3, 0.4) is 0 Å². The molecule has 1 N–H and O–H groups in total. The van der Waals surface area contributed by atoms with Crippen molar-refractivity contribution >= 4 is 22.8 Å². The van der Waals surface area contributed by atoms with Gasteiger partial charge in [0.2, 0.25) is 5.91 Å². The molecule has 1 aromatic carbocycles. The average molecular weight is 483 g/mol. The molecule has 3 aliphatic rings. The fourth-order valence-electron chi connectivity index (χ4n) is 5.98. The summed E-state index contributed by atoms with van der Waals surface area (Å²) in [5.41, 5.74) is 4.98. The lowest BCUT2D eigenvalue weighted by molar-refractivity contribution is -0.130. The number of carbonyl (C=O) groups excluding carboxylic acids is 1. The molecule has 2 fully saturated rings. The highest BCUT2D eigenvalue weighted by Crippen LogP contribution is 2.47. The molecule has 3 aliphatic heterocycles. The van der Waals surface area contributed by atoms with Crippen molar-refractivity contribution in [3.8, 4) is 22.6 Å². The number of aromatic nitrogens is 6. The van der Waals surface area contributed by atoms with E-state index in [9.17, 15) is 4.79 Å². The first-order valence-corrected chi connectivity index (χ1v) is 12.3. The molecule has 10 heteroatoms. The fraction of sp³-hybridized carbons (Fsp3) is 0.385. The van der Waals surface area contributed by atoms with Gasteiger partial charge in [0, 0.05) is 48.3 Å². The molecule has 2 bridgehead atoms. The van der Waals surface area contributed by atoms with Crippen molar-refractivity contribution in [2.45, 2.75) is 51.4 Å². The van der Waals surface area contributed by atoms with Crippen molar-refractivity contribution in [3.63, 3.8) is 0 Å². The largest absolute Gasteiger partial charge is 0.375 e. The van der Waals surface area contributed by atoms with Gasteiger partial charge in [-0.3, -0.25) is 9.69 Å². The highest BCUT2D eigenvalue weighted by atomic mass is 16.5. The van der Waals surface area contributed by atoms with Crippen molar-refractivity contribution in [1.82, 2.24) is 34.4 Å². The number of aryl methyl sites for hydroxylation is 2. The van der Waals surface area contributed by atoms with Crippen molar-refractivity contribution in [3.05, 3.63) is 48.3 Å². The number of rotatable bonds is 4. The molecule has 10 nitrogen and oxygen atoms in total. The van der Waals surface area contributed by atoms with Gasteiger partial charge < -0.3 is 14.6 Å². The average Bonchev–Trinajstić information content (AvgIpc) is 3.66. The number of hydrogen-bond donors (Lipinski definition) is 1. The molecule has 7 rings (SSSR count). The molecule has 1 unspecified atom stereocenters. The van der Waals surface area contributed by atoms with Crippen molar-refractivity contribution in [2.24, 2.45) is 0 Å². The molecule has 1 amide bonds. The summed E-state index contributed by atoms with van der Waals surface area (Å²) in [5.74, 6) is 1.47. The lowest BCUT2D eigenvalue weighted by atomic mass is 9.89. The number of benzene rings is 1. The molecule has 2 saturated heterocycles. The molecule has 36 heavy (non-hydrogen) atoms. The first kappa shape index (κ1) is 21.5. The van der Waals surface area contributed by atoms with Crippen LogP contribution in [-0.4, -0.2) is 65.6 Å². The summed E-state index contributed by atoms with van der Waals surface area (Å²) in [6, 6.07) is 6.30. The number of nitrogens with one attached hydrogen (secondary N) is 1. The zero-order chi connectivity index (χ0) is 24.6. The zero-order valence-electron chi connectivity index (χ0n) is 20.4. The molecule has 3 aromatic heterocycles. The van der Waals surface area contributed by atoms with Crippen molar-refractivity contribution in [2.75, 3.05) is 18.5 Å². The molecule has 182 valence electrons. The minimum Gasteiger partial charge on any atom is -0.375 e. The van der Waals surface area contributed by atoms with Crippen LogP contribution in [0.1, 0.15) is 31.7 Å². The SMILES string of the molecule is CCn1c(-c2cnc(C)nc2)nc2c(-c3ccc4c(c3)C(C)(N3C[C@H]5C[C@@H]3CO5)C(=O)N4)ncnc21. The normalized spacial score (nSPS) is 25.0. The third-order valence-electron chi connectivity index (χ3n) is 7.87. The summed E-state index contributed by atoms with van der Waals surface area (Å²) in [7, 11) is 0. The van der Waals surface area contributed by atoms with Gasteiger partial charge in [-0.05, 0) is 39.3 Å². The number of ether oxygens (including phenoxy) is 1. The van der Waals surface area contributed by atoms with Gasteiger partial charge in [-0.15, -0.1) is 0 Å². The first-order chi connectivity index (χ1) is 17.5. The molecule has 4 aromatic rings. The van der Waals surface area contributed by atoms with E-state index in [1.165, 1.54) is 0 Å². The van der Waals surface area contributed by atoms with Gasteiger partial charge in [-0.25, -0.2) is 24.9 Å². The monoisotopic (exact) mass is 482 g/mol. The second-order valence-electron chi connectivity index (χ2n) is 9.88. The van der Waals surface area contributed by atoms with Gasteiger partial charge in [0.25, 0.3) is 0 Å². The van der Waals surface area contributed by atoms with Crippen LogP contribution in [0.4, 0.5) is 5.69 Å². The summed E-state index contributed by atoms with van der Waals surface area (Å²) >= 11 is 0. The Bertz CT molecular complexity index is 1530. The second-order valence-corrected chi connectivity index (χ2v) is 9.88. The van der Waals surface area contributed by atoms with E-state index in [0.29, 0.717) is 24.5 Å². The number of likely N-dealkylation sites (tertiary alicyclic amines) is 1. The number of amides is 1. The number of nitrogens with zero attached hydrogens (tertiary/aromatic N) is 7. The third kappa shape index (κ3) is 2.91. The number of carbonyl (C=O) groups is 1. The maximum atomic E-state index is 13.3. The number of hydrogen-bond acceptors (Lipinski definition) is 8. The molecule has 0 spiro atoms. The van der Waals surface area contributed by atoms with Crippen LogP contribution in [-0.2, 0) is 21.6 Å². The summed E-state index contributed by atoms with van der Waals surface area (Å²) in [6.45, 7) is 8.07. The molecular formula is C26H26N8O2. The predicted octanol–water partition coefficient (Wildman–Crippen LogP) is 2.92. The van der Waals surface area contributed by atoms with Crippen LogP contribution >= 0.6 is 0 Å². The van der Waals surface area contributed by atoms with E-state index in [1.54, 1.807) is 18.7 Å². The summed E-state index contributed by atoms with van der Waals surface area (Å²) < 4.78 is 7.86. The highest BCUT2D eigenvalue weighted by molar-refractivity contribution is 6.06. The maximum absolute atomic E-state index is 13.3. The lowest BCUT2D eigenvalue weighted by Gasteiger charge is -2.39. The van der Waals surface area contributed by atoms with E-state index < -0.39 is 5.54 Å². The Morgan fingerprint density at radius 3 is 2.72 bits per heavy atom. The summed E-state index contributed by atoms with van der Waals surface area (Å²) in [6.07, 6.45) is 6.33. The minimum atomic E-state index is -0.756. The van der Waals surface area contributed by atoms with Gasteiger partial charge in [-0.1, -0.05) is 6.07 Å². The van der Waals surface area contributed by atoms with E-state index in [0.717, 1.165) is 52.5 Å². The molecular weight excluding hydrogens is 456 g/mol. The Balaban J connectivity index is 1.37. The Labute approximate surface area is 207 Å². The number of fused-ring (bicyclic) bond motifs is 4. The summed E-state index contributed by atoms with van der Waals surface area (Å²) in [4.78, 5) is 38.5. The maximum Gasteiger partial charge on any atom is 0.249 e. The molecule has 0 saturated carbocycles. The number of anilines is 1. The van der Waals surface area contributed by atoms with Gasteiger partial charge in [0.05, 0.1) is 18.3 Å². The topological polar surface area (TPSA) is 111 Å².